The molecule has 2 amide bonds. The summed E-state index contributed by atoms with van der Waals surface area (Å²) in [6, 6.07) is 10.6. The summed E-state index contributed by atoms with van der Waals surface area (Å²) >= 11 is 0. The van der Waals surface area contributed by atoms with E-state index in [0.717, 1.165) is 51.4 Å². The second kappa shape index (κ2) is 10.3. The summed E-state index contributed by atoms with van der Waals surface area (Å²) in [5, 5.41) is 17.5. The van der Waals surface area contributed by atoms with Crippen molar-refractivity contribution in [2.75, 3.05) is 46.9 Å². The first-order valence-corrected chi connectivity index (χ1v) is 12.6. The molecular formula is C26H40N4O4. The standard InChI is InChI=1S/C26H40N4O4/c1-27-26(21-7-4-3-5-8-21)13-11-24(12-14-26,30(20-31)19-25(33)9-6-10-25)18-29(2)15-23(32)28-22-16-34-17-22/h3-5,7-8,20,22,27,33H,6,9-19H2,1-2H3,(H,28,32). The molecule has 8 nitrogen and oxygen atoms in total. The molecule has 3 N–H and O–H groups in total. The van der Waals surface area contributed by atoms with Gasteiger partial charge < -0.3 is 25.4 Å². The fraction of sp³-hybridized carbons (Fsp3) is 0.692. The van der Waals surface area contributed by atoms with E-state index in [1.54, 1.807) is 0 Å². The van der Waals surface area contributed by atoms with Crippen LogP contribution in [0.15, 0.2) is 30.3 Å². The number of rotatable bonds is 11. The third-order valence-electron chi connectivity index (χ3n) is 8.31. The van der Waals surface area contributed by atoms with Gasteiger partial charge in [-0.2, -0.15) is 0 Å². The van der Waals surface area contributed by atoms with Crippen LogP contribution in [0.5, 0.6) is 0 Å². The van der Waals surface area contributed by atoms with Crippen LogP contribution in [0.25, 0.3) is 0 Å². The van der Waals surface area contributed by atoms with Crippen LogP contribution in [0.3, 0.4) is 0 Å². The van der Waals surface area contributed by atoms with Crippen molar-refractivity contribution in [1.82, 2.24) is 20.4 Å². The molecule has 0 bridgehead atoms. The second-order valence-electron chi connectivity index (χ2n) is 10.7. The Morgan fingerprint density at radius 3 is 2.29 bits per heavy atom. The van der Waals surface area contributed by atoms with Gasteiger partial charge in [-0.15, -0.1) is 0 Å². The molecule has 4 rings (SSSR count). The first kappa shape index (κ1) is 25.1. The maximum absolute atomic E-state index is 12.5. The molecular weight excluding hydrogens is 432 g/mol. The first-order valence-electron chi connectivity index (χ1n) is 12.6. The van der Waals surface area contributed by atoms with Gasteiger partial charge in [0.25, 0.3) is 0 Å². The summed E-state index contributed by atoms with van der Waals surface area (Å²) in [4.78, 5) is 28.8. The zero-order valence-corrected chi connectivity index (χ0v) is 20.6. The van der Waals surface area contributed by atoms with Crippen LogP contribution in [0.2, 0.25) is 0 Å². The molecule has 188 valence electrons. The average Bonchev–Trinajstić information content (AvgIpc) is 2.80. The summed E-state index contributed by atoms with van der Waals surface area (Å²) in [6.07, 6.45) is 6.72. The fourth-order valence-electron chi connectivity index (χ4n) is 5.89. The number of β-amino-alcohol motifs (C(OH)–C–C–N with tert-alkyl or cyclic N) is 1. The van der Waals surface area contributed by atoms with E-state index in [-0.39, 0.29) is 24.0 Å². The molecule has 1 aliphatic heterocycles. The predicted octanol–water partition coefficient (Wildman–Crippen LogP) is 1.23. The van der Waals surface area contributed by atoms with E-state index in [2.05, 4.69) is 34.9 Å². The molecule has 1 aromatic carbocycles. The van der Waals surface area contributed by atoms with Crippen molar-refractivity contribution >= 4 is 12.3 Å². The number of carbonyl (C=O) groups excluding carboxylic acids is 2. The molecule has 3 aliphatic rings. The van der Waals surface area contributed by atoms with Crippen molar-refractivity contribution in [2.45, 2.75) is 67.7 Å². The van der Waals surface area contributed by atoms with E-state index in [9.17, 15) is 14.7 Å². The van der Waals surface area contributed by atoms with Gasteiger partial charge in [-0.3, -0.25) is 14.5 Å². The van der Waals surface area contributed by atoms with E-state index < -0.39 is 11.1 Å². The van der Waals surface area contributed by atoms with Gasteiger partial charge >= 0.3 is 0 Å². The maximum Gasteiger partial charge on any atom is 0.234 e. The number of nitrogens with zero attached hydrogens (tertiary/aromatic N) is 2. The summed E-state index contributed by atoms with van der Waals surface area (Å²) < 4.78 is 5.15. The van der Waals surface area contributed by atoms with Gasteiger partial charge in [-0.25, -0.2) is 0 Å². The van der Waals surface area contributed by atoms with E-state index in [0.29, 0.717) is 26.3 Å². The zero-order valence-electron chi connectivity index (χ0n) is 20.6. The Labute approximate surface area is 203 Å². The Morgan fingerprint density at radius 2 is 1.79 bits per heavy atom. The third kappa shape index (κ3) is 5.30. The molecule has 0 radical (unpaired) electrons. The number of benzene rings is 1. The number of nitrogens with one attached hydrogen (secondary N) is 2. The quantitative estimate of drug-likeness (QED) is 0.420. The lowest BCUT2D eigenvalue weighted by Gasteiger charge is -2.54. The van der Waals surface area contributed by atoms with Gasteiger partial charge in [-0.1, -0.05) is 30.3 Å². The Kier molecular flexibility index (Phi) is 7.62. The Hall–Kier alpha value is -2.00. The number of amides is 2. The third-order valence-corrected chi connectivity index (χ3v) is 8.31. The molecule has 0 unspecified atom stereocenters. The fourth-order valence-corrected chi connectivity index (χ4v) is 5.89. The lowest BCUT2D eigenvalue weighted by atomic mass is 9.68. The Balaban J connectivity index is 1.50. The van der Waals surface area contributed by atoms with Crippen molar-refractivity contribution in [3.63, 3.8) is 0 Å². The molecule has 3 fully saturated rings. The van der Waals surface area contributed by atoms with Crippen LogP contribution >= 0.6 is 0 Å². The van der Waals surface area contributed by atoms with Crippen LogP contribution in [0.1, 0.15) is 50.5 Å². The summed E-state index contributed by atoms with van der Waals surface area (Å²) in [7, 11) is 3.95. The Bertz CT molecular complexity index is 832. The number of hydrogen-bond acceptors (Lipinski definition) is 6. The number of aliphatic hydroxyl groups is 1. The lowest BCUT2D eigenvalue weighted by Crippen LogP contribution is -2.63. The molecule has 1 saturated heterocycles. The van der Waals surface area contributed by atoms with Crippen molar-refractivity contribution in [2.24, 2.45) is 0 Å². The largest absolute Gasteiger partial charge is 0.388 e. The monoisotopic (exact) mass is 472 g/mol. The molecule has 1 heterocycles. The molecule has 2 aliphatic carbocycles. The number of hydrogen-bond donors (Lipinski definition) is 3. The minimum absolute atomic E-state index is 0.0223. The minimum Gasteiger partial charge on any atom is -0.388 e. The summed E-state index contributed by atoms with van der Waals surface area (Å²) in [5.41, 5.74) is -0.105. The van der Waals surface area contributed by atoms with Crippen molar-refractivity contribution in [1.29, 1.82) is 0 Å². The highest BCUT2D eigenvalue weighted by Gasteiger charge is 2.49. The van der Waals surface area contributed by atoms with E-state index in [1.807, 2.05) is 30.0 Å². The molecule has 0 aromatic heterocycles. The van der Waals surface area contributed by atoms with Crippen LogP contribution in [0, 0.1) is 0 Å². The number of likely N-dealkylation sites (N-methyl/N-ethyl adjacent to an activating group) is 1. The predicted molar refractivity (Wildman–Crippen MR) is 130 cm³/mol. The van der Waals surface area contributed by atoms with Gasteiger partial charge in [-0.05, 0) is 64.6 Å². The normalized spacial score (nSPS) is 28.6. The van der Waals surface area contributed by atoms with Gasteiger partial charge in [0.15, 0.2) is 0 Å². The molecule has 0 atom stereocenters. The summed E-state index contributed by atoms with van der Waals surface area (Å²) in [5.74, 6) is -0.0223. The maximum atomic E-state index is 12.5. The van der Waals surface area contributed by atoms with Crippen molar-refractivity contribution in [3.8, 4) is 0 Å². The SMILES string of the molecule is CNC1(c2ccccc2)CCC(CN(C)CC(=O)NC2COC2)(N(C=O)CC2(O)CCC2)CC1. The van der Waals surface area contributed by atoms with Crippen LogP contribution < -0.4 is 10.6 Å². The van der Waals surface area contributed by atoms with Gasteiger partial charge in [0.1, 0.15) is 0 Å². The van der Waals surface area contributed by atoms with Gasteiger partial charge in [0.2, 0.25) is 12.3 Å². The average molecular weight is 473 g/mol. The highest BCUT2D eigenvalue weighted by atomic mass is 16.5. The highest BCUT2D eigenvalue weighted by Crippen LogP contribution is 2.45. The lowest BCUT2D eigenvalue weighted by molar-refractivity contribution is -0.140. The topological polar surface area (TPSA) is 94.1 Å². The molecule has 2 saturated carbocycles. The van der Waals surface area contributed by atoms with Crippen LogP contribution in [-0.2, 0) is 19.9 Å². The van der Waals surface area contributed by atoms with Crippen LogP contribution in [0.4, 0.5) is 0 Å². The second-order valence-corrected chi connectivity index (χ2v) is 10.7. The van der Waals surface area contributed by atoms with Crippen molar-refractivity contribution in [3.05, 3.63) is 35.9 Å². The van der Waals surface area contributed by atoms with E-state index in [4.69, 9.17) is 4.74 Å². The van der Waals surface area contributed by atoms with Crippen LogP contribution in [-0.4, -0.2) is 91.3 Å². The van der Waals surface area contributed by atoms with Gasteiger partial charge in [0.05, 0.1) is 36.9 Å². The zero-order chi connectivity index (χ0) is 24.2. The Morgan fingerprint density at radius 1 is 1.12 bits per heavy atom. The van der Waals surface area contributed by atoms with E-state index >= 15 is 0 Å². The number of ether oxygens (including phenoxy) is 1. The first-order chi connectivity index (χ1) is 16.3. The minimum atomic E-state index is -0.787. The smallest absolute Gasteiger partial charge is 0.234 e. The van der Waals surface area contributed by atoms with E-state index in [1.165, 1.54) is 5.56 Å². The van der Waals surface area contributed by atoms with Gasteiger partial charge in [0, 0.05) is 18.6 Å². The highest BCUT2D eigenvalue weighted by molar-refractivity contribution is 5.78. The molecule has 0 spiro atoms. The number of carbonyl (C=O) groups is 2. The molecule has 8 heteroatoms. The van der Waals surface area contributed by atoms with Crippen molar-refractivity contribution < 1.29 is 19.4 Å². The summed E-state index contributed by atoms with van der Waals surface area (Å²) in [6.45, 7) is 2.36. The molecule has 34 heavy (non-hydrogen) atoms. The molecule has 1 aromatic rings.